The predicted molar refractivity (Wildman–Crippen MR) is 97.5 cm³/mol. The SMILES string of the molecule is O=C(NC(=S)n1nc(NC(=O)C2CC2)c2[nH]c3ccccc3[n+]21)C1CC1. The number of imidazole rings is 1. The summed E-state index contributed by atoms with van der Waals surface area (Å²) in [6.07, 6.45) is 3.61. The molecule has 26 heavy (non-hydrogen) atoms. The number of hydrogen-bond acceptors (Lipinski definition) is 4. The van der Waals surface area contributed by atoms with Crippen LogP contribution in [0.5, 0.6) is 0 Å². The second kappa shape index (κ2) is 5.60. The summed E-state index contributed by atoms with van der Waals surface area (Å²) in [6.45, 7) is 0. The second-order valence-corrected chi connectivity index (χ2v) is 7.26. The van der Waals surface area contributed by atoms with E-state index in [4.69, 9.17) is 12.2 Å². The van der Waals surface area contributed by atoms with E-state index in [0.717, 1.165) is 36.7 Å². The molecule has 2 aliphatic carbocycles. The smallest absolute Gasteiger partial charge is 0.298 e. The molecule has 2 heterocycles. The average molecular weight is 369 g/mol. The zero-order chi connectivity index (χ0) is 17.8. The molecule has 2 aromatic heterocycles. The normalized spacial score (nSPS) is 16.8. The summed E-state index contributed by atoms with van der Waals surface area (Å²) in [5.74, 6) is 0.389. The molecule has 0 aliphatic heterocycles. The van der Waals surface area contributed by atoms with E-state index in [9.17, 15) is 9.59 Å². The first-order valence-corrected chi connectivity index (χ1v) is 9.10. The highest BCUT2D eigenvalue weighted by Crippen LogP contribution is 2.30. The van der Waals surface area contributed by atoms with Crippen LogP contribution in [0.2, 0.25) is 0 Å². The number of fused-ring (bicyclic) bond motifs is 3. The van der Waals surface area contributed by atoms with Crippen LogP contribution in [-0.2, 0) is 9.59 Å². The molecule has 5 rings (SSSR count). The highest BCUT2D eigenvalue weighted by Gasteiger charge is 2.35. The summed E-state index contributed by atoms with van der Waals surface area (Å²) < 4.78 is 1.77. The predicted octanol–water partition coefficient (Wildman–Crippen LogP) is 1.11. The van der Waals surface area contributed by atoms with E-state index < -0.39 is 0 Å². The lowest BCUT2D eigenvalue weighted by Crippen LogP contribution is -2.45. The van der Waals surface area contributed by atoms with Gasteiger partial charge in [0.2, 0.25) is 16.9 Å². The van der Waals surface area contributed by atoms with E-state index in [1.165, 1.54) is 4.80 Å². The van der Waals surface area contributed by atoms with Gasteiger partial charge in [-0.25, -0.2) is 0 Å². The summed E-state index contributed by atoms with van der Waals surface area (Å²) in [7, 11) is 0. The Hall–Kier alpha value is -2.81. The van der Waals surface area contributed by atoms with Crippen LogP contribution in [0.4, 0.5) is 5.82 Å². The molecule has 8 nitrogen and oxygen atoms in total. The van der Waals surface area contributed by atoms with Gasteiger partial charge in [0, 0.05) is 16.9 Å². The number of aromatic amines is 1. The van der Waals surface area contributed by atoms with Crippen LogP contribution in [0.1, 0.15) is 25.7 Å². The molecule has 2 aliphatic rings. The molecular weight excluding hydrogens is 352 g/mol. The molecule has 132 valence electrons. The molecule has 0 bridgehead atoms. The number of rotatable bonds is 3. The number of hydrogen-bond donors (Lipinski definition) is 3. The lowest BCUT2D eigenvalue weighted by molar-refractivity contribution is -0.571. The Labute approximate surface area is 153 Å². The minimum atomic E-state index is -0.0809. The molecule has 0 unspecified atom stereocenters. The highest BCUT2D eigenvalue weighted by atomic mass is 32.1. The van der Waals surface area contributed by atoms with Gasteiger partial charge in [0.1, 0.15) is 5.52 Å². The van der Waals surface area contributed by atoms with Crippen molar-refractivity contribution in [2.24, 2.45) is 11.8 Å². The van der Waals surface area contributed by atoms with Crippen molar-refractivity contribution < 1.29 is 14.1 Å². The van der Waals surface area contributed by atoms with Gasteiger partial charge in [-0.1, -0.05) is 12.1 Å². The average Bonchev–Trinajstić information content (AvgIpc) is 3.53. The van der Waals surface area contributed by atoms with Crippen molar-refractivity contribution >= 4 is 51.6 Å². The summed E-state index contributed by atoms with van der Waals surface area (Å²) in [5, 5.41) is 10.3. The van der Waals surface area contributed by atoms with E-state index in [1.807, 2.05) is 24.3 Å². The molecule has 1 aromatic carbocycles. The van der Waals surface area contributed by atoms with Crippen LogP contribution in [0, 0.1) is 11.8 Å². The lowest BCUT2D eigenvalue weighted by Gasteiger charge is -2.02. The first kappa shape index (κ1) is 15.4. The third kappa shape index (κ3) is 2.55. The number of aromatic nitrogens is 4. The lowest BCUT2D eigenvalue weighted by atomic mass is 10.3. The number of benzene rings is 1. The second-order valence-electron chi connectivity index (χ2n) is 6.87. The Bertz CT molecular complexity index is 1080. The minimum absolute atomic E-state index is 0.0382. The number of carbonyl (C=O) groups excluding carboxylic acids is 2. The molecule has 0 radical (unpaired) electrons. The maximum atomic E-state index is 12.2. The number of anilines is 1. The van der Waals surface area contributed by atoms with Crippen LogP contribution in [-0.4, -0.2) is 31.8 Å². The Morgan fingerprint density at radius 3 is 2.58 bits per heavy atom. The fourth-order valence-corrected chi connectivity index (χ4v) is 3.22. The Morgan fingerprint density at radius 1 is 1.15 bits per heavy atom. The van der Waals surface area contributed by atoms with Crippen molar-refractivity contribution in [1.29, 1.82) is 0 Å². The maximum Gasteiger partial charge on any atom is 0.313 e. The maximum absolute atomic E-state index is 12.2. The number of nitrogens with one attached hydrogen (secondary N) is 3. The number of H-pyrrole nitrogens is 1. The molecule has 0 saturated heterocycles. The van der Waals surface area contributed by atoms with Crippen LogP contribution in [0.15, 0.2) is 24.3 Å². The van der Waals surface area contributed by atoms with Gasteiger partial charge >= 0.3 is 11.5 Å². The molecular formula is C17H17N6O2S+. The zero-order valence-corrected chi connectivity index (χ0v) is 14.7. The van der Waals surface area contributed by atoms with Gasteiger partial charge in [-0.05, 0) is 54.8 Å². The monoisotopic (exact) mass is 369 g/mol. The standard InChI is InChI=1S/C17H16N6O2S/c24-15(9-5-6-9)19-13-14-18-11-3-1-2-4-12(11)22(14)23(21-13)17(26)20-16(25)10-7-8-10/h1-4,9-10H,5-8H2,(H2,19,20,21,24,25,26)/p+1. The van der Waals surface area contributed by atoms with E-state index in [0.29, 0.717) is 11.5 Å². The van der Waals surface area contributed by atoms with Crippen molar-refractivity contribution in [3.63, 3.8) is 0 Å². The van der Waals surface area contributed by atoms with Crippen LogP contribution < -0.4 is 15.1 Å². The Morgan fingerprint density at radius 2 is 1.85 bits per heavy atom. The van der Waals surface area contributed by atoms with E-state index in [-0.39, 0.29) is 28.8 Å². The first-order chi connectivity index (χ1) is 12.6. The van der Waals surface area contributed by atoms with Gasteiger partial charge in [0.05, 0.1) is 0 Å². The summed E-state index contributed by atoms with van der Waals surface area (Å²) in [5.41, 5.74) is 2.37. The Balaban J connectivity index is 1.59. The van der Waals surface area contributed by atoms with Crippen LogP contribution >= 0.6 is 12.2 Å². The summed E-state index contributed by atoms with van der Waals surface area (Å²) in [4.78, 5) is 29.0. The minimum Gasteiger partial charge on any atom is -0.298 e. The van der Waals surface area contributed by atoms with Gasteiger partial charge in [-0.3, -0.25) is 25.2 Å². The quantitative estimate of drug-likeness (QED) is 0.476. The van der Waals surface area contributed by atoms with Gasteiger partial charge in [0.25, 0.3) is 0 Å². The van der Waals surface area contributed by atoms with Gasteiger partial charge in [-0.2, -0.15) is 0 Å². The van der Waals surface area contributed by atoms with Crippen molar-refractivity contribution in [3.8, 4) is 0 Å². The third-order valence-corrected chi connectivity index (χ3v) is 5.02. The fourth-order valence-electron chi connectivity index (χ4n) is 3.00. The van der Waals surface area contributed by atoms with Crippen molar-refractivity contribution in [3.05, 3.63) is 24.3 Å². The molecule has 9 heteroatoms. The number of nitrogens with zero attached hydrogens (tertiary/aromatic N) is 3. The van der Waals surface area contributed by atoms with Crippen LogP contribution in [0.3, 0.4) is 0 Å². The third-order valence-electron chi connectivity index (χ3n) is 4.76. The van der Waals surface area contributed by atoms with E-state index in [2.05, 4.69) is 20.7 Å². The molecule has 0 atom stereocenters. The van der Waals surface area contributed by atoms with Gasteiger partial charge in [0.15, 0.2) is 5.52 Å². The Kier molecular flexibility index (Phi) is 3.33. The number of para-hydroxylation sites is 2. The van der Waals surface area contributed by atoms with Crippen molar-refractivity contribution in [2.45, 2.75) is 25.7 Å². The van der Waals surface area contributed by atoms with Gasteiger partial charge < -0.3 is 0 Å². The largest absolute Gasteiger partial charge is 0.313 e. The zero-order valence-electron chi connectivity index (χ0n) is 13.9. The molecule has 2 fully saturated rings. The van der Waals surface area contributed by atoms with E-state index >= 15 is 0 Å². The number of amides is 2. The van der Waals surface area contributed by atoms with E-state index in [1.54, 1.807) is 4.52 Å². The van der Waals surface area contributed by atoms with Crippen molar-refractivity contribution in [2.75, 3.05) is 5.32 Å². The molecule has 3 aromatic rings. The van der Waals surface area contributed by atoms with Crippen LogP contribution in [0.25, 0.3) is 16.7 Å². The fraction of sp³-hybridized carbons (Fsp3) is 0.353. The number of carbonyl (C=O) groups is 2. The van der Waals surface area contributed by atoms with Gasteiger partial charge in [-0.15, -0.1) is 4.52 Å². The molecule has 2 amide bonds. The topological polar surface area (TPSA) is 95.9 Å². The number of thiocarbonyl (C=S) groups is 1. The molecule has 0 spiro atoms. The van der Waals surface area contributed by atoms with Crippen molar-refractivity contribution in [1.82, 2.24) is 20.2 Å². The summed E-state index contributed by atoms with van der Waals surface area (Å²) in [6, 6.07) is 7.69. The molecule has 2 saturated carbocycles. The molecule has 3 N–H and O–H groups in total. The first-order valence-electron chi connectivity index (χ1n) is 8.69. The highest BCUT2D eigenvalue weighted by molar-refractivity contribution is 7.80. The summed E-state index contributed by atoms with van der Waals surface area (Å²) >= 11 is 5.41.